The normalized spacial score (nSPS) is 22.9. The molecule has 1 atom stereocenters. The fraction of sp³-hybridized carbons (Fsp3) is 0.429. The predicted molar refractivity (Wildman–Crippen MR) is 74.6 cm³/mol. The molecule has 0 spiro atoms. The summed E-state index contributed by atoms with van der Waals surface area (Å²) in [6.45, 7) is 2.77. The maximum Gasteiger partial charge on any atom is 0.247 e. The molecule has 3 rings (SSSR count). The number of amides is 2. The van der Waals surface area contributed by atoms with E-state index < -0.39 is 0 Å². The molecule has 0 aliphatic carbocycles. The molecule has 2 aliphatic rings. The number of carbonyl (C=O) groups excluding carboxylic acids is 2. The van der Waals surface area contributed by atoms with Gasteiger partial charge in [-0.25, -0.2) is 0 Å². The lowest BCUT2D eigenvalue weighted by Crippen LogP contribution is -2.57. The molecule has 19 heavy (non-hydrogen) atoms. The minimum atomic E-state index is -0.239. The minimum Gasteiger partial charge on any atom is -0.327 e. The topological polar surface area (TPSA) is 40.6 Å². The van der Waals surface area contributed by atoms with E-state index in [0.717, 1.165) is 11.3 Å². The van der Waals surface area contributed by atoms with Gasteiger partial charge in [0.25, 0.3) is 0 Å². The van der Waals surface area contributed by atoms with Crippen LogP contribution in [0.1, 0.15) is 11.1 Å². The molecule has 2 amide bonds. The van der Waals surface area contributed by atoms with Crippen molar-refractivity contribution in [2.45, 2.75) is 19.5 Å². The van der Waals surface area contributed by atoms with Gasteiger partial charge in [-0.3, -0.25) is 9.59 Å². The highest BCUT2D eigenvalue weighted by molar-refractivity contribution is 7.99. The Morgan fingerprint density at radius 3 is 2.74 bits per heavy atom. The van der Waals surface area contributed by atoms with E-state index in [1.54, 1.807) is 21.6 Å². The fourth-order valence-corrected chi connectivity index (χ4v) is 3.66. The Balaban J connectivity index is 1.76. The summed E-state index contributed by atoms with van der Waals surface area (Å²) >= 11 is 1.65. The summed E-state index contributed by atoms with van der Waals surface area (Å²) in [5.74, 6) is 1.55. The number of carbonyl (C=O) groups is 2. The summed E-state index contributed by atoms with van der Waals surface area (Å²) in [6, 6.07) is 7.86. The van der Waals surface area contributed by atoms with Crippen LogP contribution in [0.25, 0.3) is 0 Å². The first-order valence-corrected chi connectivity index (χ1v) is 7.52. The second-order valence-electron chi connectivity index (χ2n) is 5.06. The molecule has 0 bridgehead atoms. The van der Waals surface area contributed by atoms with Crippen LogP contribution in [0.2, 0.25) is 0 Å². The number of aryl methyl sites for hydroxylation is 1. The summed E-state index contributed by atoms with van der Waals surface area (Å²) in [4.78, 5) is 27.7. The molecule has 0 aromatic heterocycles. The maximum atomic E-state index is 12.3. The Labute approximate surface area is 116 Å². The van der Waals surface area contributed by atoms with E-state index in [4.69, 9.17) is 0 Å². The Bertz CT molecular complexity index is 515. The molecule has 2 fully saturated rings. The maximum absolute atomic E-state index is 12.3. The Kier molecular flexibility index (Phi) is 3.22. The Morgan fingerprint density at radius 2 is 2.00 bits per heavy atom. The molecule has 100 valence electrons. The quantitative estimate of drug-likeness (QED) is 0.816. The van der Waals surface area contributed by atoms with Gasteiger partial charge in [0, 0.05) is 12.3 Å². The number of hydrogen-bond acceptors (Lipinski definition) is 3. The van der Waals surface area contributed by atoms with Gasteiger partial charge in [-0.1, -0.05) is 29.8 Å². The van der Waals surface area contributed by atoms with E-state index in [1.165, 1.54) is 5.56 Å². The van der Waals surface area contributed by atoms with Gasteiger partial charge in [0.1, 0.15) is 12.6 Å². The van der Waals surface area contributed by atoms with Gasteiger partial charge in [-0.05, 0) is 12.5 Å². The molecule has 1 aromatic carbocycles. The largest absolute Gasteiger partial charge is 0.327 e. The van der Waals surface area contributed by atoms with Crippen LogP contribution in [0, 0.1) is 6.92 Å². The minimum absolute atomic E-state index is 0.0710. The molecule has 5 heteroatoms. The van der Waals surface area contributed by atoms with Crippen molar-refractivity contribution < 1.29 is 9.59 Å². The van der Waals surface area contributed by atoms with Crippen LogP contribution in [-0.4, -0.2) is 45.8 Å². The number of benzene rings is 1. The third-order valence-corrected chi connectivity index (χ3v) is 4.63. The van der Waals surface area contributed by atoms with Gasteiger partial charge in [-0.2, -0.15) is 0 Å². The van der Waals surface area contributed by atoms with Gasteiger partial charge >= 0.3 is 0 Å². The van der Waals surface area contributed by atoms with Crippen molar-refractivity contribution in [1.29, 1.82) is 0 Å². The zero-order valence-corrected chi connectivity index (χ0v) is 11.7. The van der Waals surface area contributed by atoms with Crippen LogP contribution < -0.4 is 0 Å². The van der Waals surface area contributed by atoms with Crippen molar-refractivity contribution in [2.24, 2.45) is 0 Å². The number of piperazine rings is 1. The highest BCUT2D eigenvalue weighted by Crippen LogP contribution is 2.26. The number of fused-ring (bicyclic) bond motifs is 1. The van der Waals surface area contributed by atoms with Crippen molar-refractivity contribution >= 4 is 23.6 Å². The lowest BCUT2D eigenvalue weighted by molar-refractivity contribution is -0.153. The zero-order valence-electron chi connectivity index (χ0n) is 10.8. The average molecular weight is 276 g/mol. The Hall–Kier alpha value is -1.49. The molecule has 2 saturated heterocycles. The van der Waals surface area contributed by atoms with Gasteiger partial charge in [0.05, 0.1) is 5.88 Å². The van der Waals surface area contributed by atoms with Crippen molar-refractivity contribution in [2.75, 3.05) is 18.2 Å². The van der Waals surface area contributed by atoms with Gasteiger partial charge in [0.15, 0.2) is 0 Å². The van der Waals surface area contributed by atoms with E-state index in [1.807, 2.05) is 31.2 Å². The smallest absolute Gasteiger partial charge is 0.247 e. The van der Waals surface area contributed by atoms with Crippen molar-refractivity contribution in [3.63, 3.8) is 0 Å². The standard InChI is InChI=1S/C14H16N2O2S/c1-10-2-4-11(5-3-10)6-15-7-13(17)16-9-19-8-12(16)14(15)18/h2-5,12H,6-9H2,1H3. The van der Waals surface area contributed by atoms with Crippen LogP contribution in [0.3, 0.4) is 0 Å². The average Bonchev–Trinajstić information content (AvgIpc) is 2.88. The van der Waals surface area contributed by atoms with Crippen molar-refractivity contribution in [1.82, 2.24) is 9.80 Å². The van der Waals surface area contributed by atoms with Crippen molar-refractivity contribution in [3.8, 4) is 0 Å². The van der Waals surface area contributed by atoms with Gasteiger partial charge < -0.3 is 9.80 Å². The first-order chi connectivity index (χ1) is 9.15. The molecule has 0 saturated carbocycles. The van der Waals surface area contributed by atoms with Crippen LogP contribution in [0.15, 0.2) is 24.3 Å². The molecular formula is C14H16N2O2S. The molecule has 1 unspecified atom stereocenters. The summed E-state index contributed by atoms with van der Waals surface area (Å²) in [7, 11) is 0. The number of rotatable bonds is 2. The summed E-state index contributed by atoms with van der Waals surface area (Å²) in [5, 5.41) is 0. The van der Waals surface area contributed by atoms with E-state index in [2.05, 4.69) is 0 Å². The summed E-state index contributed by atoms with van der Waals surface area (Å²) in [6.07, 6.45) is 0. The summed E-state index contributed by atoms with van der Waals surface area (Å²) in [5.41, 5.74) is 2.27. The second-order valence-corrected chi connectivity index (χ2v) is 6.06. The monoisotopic (exact) mass is 276 g/mol. The zero-order chi connectivity index (χ0) is 13.4. The number of hydrogen-bond donors (Lipinski definition) is 0. The lowest BCUT2D eigenvalue weighted by atomic mass is 10.1. The molecule has 2 heterocycles. The summed E-state index contributed by atoms with van der Waals surface area (Å²) < 4.78 is 0. The molecule has 1 aromatic rings. The van der Waals surface area contributed by atoms with Gasteiger partial charge in [-0.15, -0.1) is 11.8 Å². The van der Waals surface area contributed by atoms with Crippen LogP contribution in [-0.2, 0) is 16.1 Å². The molecular weight excluding hydrogens is 260 g/mol. The first kappa shape index (κ1) is 12.5. The van der Waals surface area contributed by atoms with Crippen LogP contribution in [0.5, 0.6) is 0 Å². The van der Waals surface area contributed by atoms with E-state index in [0.29, 0.717) is 12.4 Å². The number of nitrogens with zero attached hydrogens (tertiary/aromatic N) is 2. The third kappa shape index (κ3) is 2.34. The van der Waals surface area contributed by atoms with E-state index in [-0.39, 0.29) is 24.4 Å². The third-order valence-electron chi connectivity index (χ3n) is 3.62. The molecule has 0 radical (unpaired) electrons. The Morgan fingerprint density at radius 1 is 1.26 bits per heavy atom. The highest BCUT2D eigenvalue weighted by Gasteiger charge is 2.42. The van der Waals surface area contributed by atoms with Crippen LogP contribution in [0.4, 0.5) is 0 Å². The second kappa shape index (κ2) is 4.89. The lowest BCUT2D eigenvalue weighted by Gasteiger charge is -2.35. The molecule has 4 nitrogen and oxygen atoms in total. The SMILES string of the molecule is Cc1ccc(CN2CC(=O)N3CSCC3C2=O)cc1. The van der Waals surface area contributed by atoms with E-state index >= 15 is 0 Å². The molecule has 0 N–H and O–H groups in total. The molecule has 2 aliphatic heterocycles. The van der Waals surface area contributed by atoms with Crippen molar-refractivity contribution in [3.05, 3.63) is 35.4 Å². The fourth-order valence-electron chi connectivity index (χ4n) is 2.48. The highest BCUT2D eigenvalue weighted by atomic mass is 32.2. The van der Waals surface area contributed by atoms with Crippen LogP contribution >= 0.6 is 11.8 Å². The van der Waals surface area contributed by atoms with Gasteiger partial charge in [0.2, 0.25) is 11.8 Å². The first-order valence-electron chi connectivity index (χ1n) is 6.37. The van der Waals surface area contributed by atoms with E-state index in [9.17, 15) is 9.59 Å². The predicted octanol–water partition coefficient (Wildman–Crippen LogP) is 1.24. The number of thioether (sulfide) groups is 1.